The monoisotopic (exact) mass is 256 g/mol. The van der Waals surface area contributed by atoms with E-state index in [0.29, 0.717) is 4.84 Å². The van der Waals surface area contributed by atoms with Crippen molar-refractivity contribution < 1.29 is 4.42 Å². The molecule has 1 rings (SSSR count). The molecule has 0 amide bonds. The van der Waals surface area contributed by atoms with E-state index in [4.69, 9.17) is 16.6 Å². The summed E-state index contributed by atoms with van der Waals surface area (Å²) in [6, 6.07) is 0. The predicted molar refractivity (Wildman–Crippen MR) is 72.6 cm³/mol. The summed E-state index contributed by atoms with van der Waals surface area (Å²) < 4.78 is 5.20. The van der Waals surface area contributed by atoms with Crippen LogP contribution < -0.4 is 0 Å². The summed E-state index contributed by atoms with van der Waals surface area (Å²) in [5.41, 5.74) is 0. The first-order chi connectivity index (χ1) is 8.33. The first-order valence-corrected chi connectivity index (χ1v) is 7.28. The maximum Gasteiger partial charge on any atom is 0.284 e. The highest BCUT2D eigenvalue weighted by Crippen LogP contribution is 2.11. The zero-order chi connectivity index (χ0) is 12.3. The van der Waals surface area contributed by atoms with Crippen LogP contribution in [0.5, 0.6) is 0 Å². The Labute approximate surface area is 109 Å². The van der Waals surface area contributed by atoms with Crippen molar-refractivity contribution in [3.63, 3.8) is 0 Å². The van der Waals surface area contributed by atoms with Crippen LogP contribution in [0.3, 0.4) is 0 Å². The van der Waals surface area contributed by atoms with E-state index in [1.165, 1.54) is 51.4 Å². The fraction of sp³-hybridized carbons (Fsp3) is 0.846. The molecule has 4 heteroatoms. The number of unbranched alkanes of at least 4 members (excludes halogenated alkanes) is 8. The lowest BCUT2D eigenvalue weighted by Gasteiger charge is -2.00. The molecule has 17 heavy (non-hydrogen) atoms. The molecule has 0 saturated carbocycles. The Morgan fingerprint density at radius 3 is 2.12 bits per heavy atom. The molecule has 1 aromatic heterocycles. The van der Waals surface area contributed by atoms with Crippen LogP contribution in [0, 0.1) is 4.84 Å². The van der Waals surface area contributed by atoms with Crippen molar-refractivity contribution in [2.75, 3.05) is 0 Å². The van der Waals surface area contributed by atoms with E-state index in [-0.39, 0.29) is 0 Å². The molecule has 3 nitrogen and oxygen atoms in total. The number of aromatic amines is 1. The normalized spacial score (nSPS) is 10.9. The molecule has 1 heterocycles. The van der Waals surface area contributed by atoms with Gasteiger partial charge >= 0.3 is 0 Å². The van der Waals surface area contributed by atoms with E-state index < -0.39 is 0 Å². The molecule has 0 atom stereocenters. The Morgan fingerprint density at radius 2 is 1.59 bits per heavy atom. The first kappa shape index (κ1) is 14.4. The molecular weight excluding hydrogens is 232 g/mol. The molecular formula is C13H24N2OS. The van der Waals surface area contributed by atoms with E-state index in [1.54, 1.807) is 0 Å². The quantitative estimate of drug-likeness (QED) is 0.482. The maximum absolute atomic E-state index is 5.20. The largest absolute Gasteiger partial charge is 0.414 e. The van der Waals surface area contributed by atoms with Crippen LogP contribution in [0.25, 0.3) is 0 Å². The number of rotatable bonds is 10. The van der Waals surface area contributed by atoms with Gasteiger partial charge in [0.05, 0.1) is 0 Å². The van der Waals surface area contributed by atoms with Crippen molar-refractivity contribution in [3.05, 3.63) is 10.7 Å². The summed E-state index contributed by atoms with van der Waals surface area (Å²) in [4.78, 5) is 0.385. The first-order valence-electron chi connectivity index (χ1n) is 6.87. The average molecular weight is 256 g/mol. The Bertz CT molecular complexity index is 332. The van der Waals surface area contributed by atoms with Gasteiger partial charge in [-0.3, -0.25) is 0 Å². The van der Waals surface area contributed by atoms with Gasteiger partial charge in [0.25, 0.3) is 4.84 Å². The Kier molecular flexibility index (Phi) is 7.97. The van der Waals surface area contributed by atoms with Crippen LogP contribution in [0.2, 0.25) is 0 Å². The van der Waals surface area contributed by atoms with Gasteiger partial charge in [-0.05, 0) is 18.6 Å². The second kappa shape index (κ2) is 9.40. The van der Waals surface area contributed by atoms with Gasteiger partial charge in [-0.25, -0.2) is 5.10 Å². The highest BCUT2D eigenvalue weighted by atomic mass is 32.1. The van der Waals surface area contributed by atoms with E-state index >= 15 is 0 Å². The molecule has 0 aliphatic heterocycles. The zero-order valence-electron chi connectivity index (χ0n) is 10.8. The average Bonchev–Trinajstić information content (AvgIpc) is 2.73. The third-order valence-corrected chi connectivity index (χ3v) is 3.15. The number of H-pyrrole nitrogens is 1. The highest BCUT2D eigenvalue weighted by Gasteiger charge is 1.99. The number of nitrogens with one attached hydrogen (secondary N) is 1. The number of aryl methyl sites for hydroxylation is 1. The van der Waals surface area contributed by atoms with Crippen LogP contribution in [-0.4, -0.2) is 10.2 Å². The fourth-order valence-corrected chi connectivity index (χ4v) is 2.10. The standard InChI is InChI=1S/C13H24N2OS/c1-2-3-4-5-6-7-8-9-10-11-12-14-15-13(17)16-12/h2-11H2,1H3,(H,15,17). The van der Waals surface area contributed by atoms with Crippen molar-refractivity contribution in [1.82, 2.24) is 10.2 Å². The summed E-state index contributed by atoms with van der Waals surface area (Å²) in [5.74, 6) is 0.748. The zero-order valence-corrected chi connectivity index (χ0v) is 11.7. The summed E-state index contributed by atoms with van der Waals surface area (Å²) in [6.45, 7) is 2.26. The minimum Gasteiger partial charge on any atom is -0.414 e. The molecule has 0 saturated heterocycles. The molecule has 1 aromatic rings. The summed E-state index contributed by atoms with van der Waals surface area (Å²) in [5, 5.41) is 6.64. The van der Waals surface area contributed by atoms with E-state index in [2.05, 4.69) is 17.1 Å². The number of hydrogen-bond acceptors (Lipinski definition) is 3. The lowest BCUT2D eigenvalue weighted by Crippen LogP contribution is -1.86. The molecule has 98 valence electrons. The van der Waals surface area contributed by atoms with Crippen LogP contribution >= 0.6 is 12.2 Å². The van der Waals surface area contributed by atoms with Gasteiger partial charge in [-0.15, -0.1) is 5.10 Å². The van der Waals surface area contributed by atoms with E-state index in [9.17, 15) is 0 Å². The Morgan fingerprint density at radius 1 is 1.00 bits per heavy atom. The minimum atomic E-state index is 0.385. The van der Waals surface area contributed by atoms with Gasteiger partial charge in [0.2, 0.25) is 5.89 Å². The second-order valence-electron chi connectivity index (χ2n) is 4.59. The Hall–Kier alpha value is -0.640. The van der Waals surface area contributed by atoms with Gasteiger partial charge in [0.15, 0.2) is 0 Å². The van der Waals surface area contributed by atoms with Crippen LogP contribution in [0.15, 0.2) is 4.42 Å². The van der Waals surface area contributed by atoms with Crippen molar-refractivity contribution in [3.8, 4) is 0 Å². The topological polar surface area (TPSA) is 41.8 Å². The lowest BCUT2D eigenvalue weighted by molar-refractivity contribution is 0.465. The maximum atomic E-state index is 5.20. The van der Waals surface area contributed by atoms with E-state index in [0.717, 1.165) is 18.7 Å². The van der Waals surface area contributed by atoms with Gasteiger partial charge in [0, 0.05) is 6.42 Å². The molecule has 0 spiro atoms. The van der Waals surface area contributed by atoms with Gasteiger partial charge in [-0.2, -0.15) is 0 Å². The molecule has 0 radical (unpaired) electrons. The number of hydrogen-bond donors (Lipinski definition) is 1. The van der Waals surface area contributed by atoms with Crippen molar-refractivity contribution >= 4 is 12.2 Å². The minimum absolute atomic E-state index is 0.385. The highest BCUT2D eigenvalue weighted by molar-refractivity contribution is 7.71. The van der Waals surface area contributed by atoms with Crippen LogP contribution in [0.4, 0.5) is 0 Å². The molecule has 1 N–H and O–H groups in total. The van der Waals surface area contributed by atoms with Gasteiger partial charge < -0.3 is 4.42 Å². The molecule has 0 aromatic carbocycles. The lowest BCUT2D eigenvalue weighted by atomic mass is 10.1. The fourth-order valence-electron chi connectivity index (χ4n) is 1.95. The molecule has 0 aliphatic rings. The molecule has 0 bridgehead atoms. The van der Waals surface area contributed by atoms with Crippen molar-refractivity contribution in [2.45, 2.75) is 71.1 Å². The Balaban J connectivity index is 1.86. The summed E-state index contributed by atoms with van der Waals surface area (Å²) in [6.07, 6.45) is 13.0. The smallest absolute Gasteiger partial charge is 0.284 e. The third kappa shape index (κ3) is 7.31. The third-order valence-electron chi connectivity index (χ3n) is 2.98. The second-order valence-corrected chi connectivity index (χ2v) is 4.96. The SMILES string of the molecule is CCCCCCCCCCCc1n[nH]c(=S)o1. The van der Waals surface area contributed by atoms with Crippen LogP contribution in [-0.2, 0) is 6.42 Å². The summed E-state index contributed by atoms with van der Waals surface area (Å²) in [7, 11) is 0. The molecule has 0 fully saturated rings. The van der Waals surface area contributed by atoms with Gasteiger partial charge in [-0.1, -0.05) is 58.3 Å². The summed E-state index contributed by atoms with van der Waals surface area (Å²) >= 11 is 4.82. The number of aromatic nitrogens is 2. The van der Waals surface area contributed by atoms with E-state index in [1.807, 2.05) is 0 Å². The van der Waals surface area contributed by atoms with Crippen molar-refractivity contribution in [1.29, 1.82) is 0 Å². The van der Waals surface area contributed by atoms with Crippen molar-refractivity contribution in [2.24, 2.45) is 0 Å². The molecule has 0 aliphatic carbocycles. The number of nitrogens with zero attached hydrogens (tertiary/aromatic N) is 1. The van der Waals surface area contributed by atoms with Crippen LogP contribution in [0.1, 0.15) is 70.6 Å². The molecule has 0 unspecified atom stereocenters. The predicted octanol–water partition coefficient (Wildman–Crippen LogP) is 4.81. The van der Waals surface area contributed by atoms with Gasteiger partial charge in [0.1, 0.15) is 0 Å².